The number of nitrogens with one attached hydrogen (secondary N) is 1. The molecule has 3 nitrogen and oxygen atoms in total. The lowest BCUT2D eigenvalue weighted by atomic mass is 9.91. The zero-order chi connectivity index (χ0) is 11.4. The highest BCUT2D eigenvalue weighted by Crippen LogP contribution is 2.28. The third-order valence-electron chi connectivity index (χ3n) is 3.97. The molecule has 16 heavy (non-hydrogen) atoms. The second kappa shape index (κ2) is 5.48. The standard InChI is InChI=1S/C13H26N2O/c1-2-8-15-9-3-6-13(11-16,7-10-15)14-12-4-5-12/h12,14,16H,2-11H2,1H3. The van der Waals surface area contributed by atoms with E-state index in [1.807, 2.05) is 0 Å². The van der Waals surface area contributed by atoms with E-state index in [2.05, 4.69) is 17.1 Å². The lowest BCUT2D eigenvalue weighted by Gasteiger charge is -2.32. The van der Waals surface area contributed by atoms with Crippen LogP contribution in [0.25, 0.3) is 0 Å². The monoisotopic (exact) mass is 226 g/mol. The summed E-state index contributed by atoms with van der Waals surface area (Å²) in [4.78, 5) is 2.55. The van der Waals surface area contributed by atoms with Crippen LogP contribution >= 0.6 is 0 Å². The molecule has 1 aliphatic carbocycles. The lowest BCUT2D eigenvalue weighted by Crippen LogP contribution is -2.50. The highest BCUT2D eigenvalue weighted by molar-refractivity contribution is 4.97. The number of rotatable bonds is 5. The van der Waals surface area contributed by atoms with Crippen molar-refractivity contribution in [3.8, 4) is 0 Å². The van der Waals surface area contributed by atoms with Gasteiger partial charge in [0, 0.05) is 11.6 Å². The van der Waals surface area contributed by atoms with Crippen molar-refractivity contribution in [3.63, 3.8) is 0 Å². The summed E-state index contributed by atoms with van der Waals surface area (Å²) in [5.74, 6) is 0. The minimum absolute atomic E-state index is 0.0314. The fourth-order valence-corrected chi connectivity index (χ4v) is 2.80. The molecule has 1 heterocycles. The fourth-order valence-electron chi connectivity index (χ4n) is 2.80. The Kier molecular flexibility index (Phi) is 4.22. The molecule has 1 unspecified atom stereocenters. The maximum Gasteiger partial charge on any atom is 0.0613 e. The van der Waals surface area contributed by atoms with Gasteiger partial charge in [0.1, 0.15) is 0 Å². The first-order valence-corrected chi connectivity index (χ1v) is 6.89. The van der Waals surface area contributed by atoms with Crippen LogP contribution in [0.1, 0.15) is 45.4 Å². The molecular weight excluding hydrogens is 200 g/mol. The zero-order valence-electron chi connectivity index (χ0n) is 10.5. The molecule has 0 aromatic heterocycles. The summed E-state index contributed by atoms with van der Waals surface area (Å²) in [5.41, 5.74) is 0.0314. The van der Waals surface area contributed by atoms with Crippen LogP contribution in [0.4, 0.5) is 0 Å². The fraction of sp³-hybridized carbons (Fsp3) is 1.00. The average Bonchev–Trinajstić information content (AvgIpc) is 3.09. The van der Waals surface area contributed by atoms with E-state index in [0.717, 1.165) is 19.4 Å². The number of nitrogens with zero attached hydrogens (tertiary/aromatic N) is 1. The van der Waals surface area contributed by atoms with Crippen molar-refractivity contribution in [2.24, 2.45) is 0 Å². The molecule has 94 valence electrons. The van der Waals surface area contributed by atoms with Gasteiger partial charge in [0.2, 0.25) is 0 Å². The van der Waals surface area contributed by atoms with Gasteiger partial charge in [-0.25, -0.2) is 0 Å². The first kappa shape index (κ1) is 12.3. The molecule has 1 saturated carbocycles. The Morgan fingerprint density at radius 3 is 2.75 bits per heavy atom. The molecule has 0 amide bonds. The van der Waals surface area contributed by atoms with Gasteiger partial charge in [0.15, 0.2) is 0 Å². The van der Waals surface area contributed by atoms with Gasteiger partial charge < -0.3 is 15.3 Å². The quantitative estimate of drug-likeness (QED) is 0.743. The molecule has 0 bridgehead atoms. The van der Waals surface area contributed by atoms with Crippen LogP contribution in [-0.2, 0) is 0 Å². The molecule has 0 spiro atoms. The Morgan fingerprint density at radius 1 is 1.31 bits per heavy atom. The molecular formula is C13H26N2O. The minimum Gasteiger partial charge on any atom is -0.394 e. The van der Waals surface area contributed by atoms with E-state index in [1.165, 1.54) is 38.8 Å². The highest BCUT2D eigenvalue weighted by Gasteiger charge is 2.36. The molecule has 2 N–H and O–H groups in total. The van der Waals surface area contributed by atoms with Crippen LogP contribution < -0.4 is 5.32 Å². The van der Waals surface area contributed by atoms with E-state index in [0.29, 0.717) is 12.6 Å². The van der Waals surface area contributed by atoms with Gasteiger partial charge in [-0.15, -0.1) is 0 Å². The van der Waals surface area contributed by atoms with Gasteiger partial charge in [-0.05, 0) is 58.2 Å². The van der Waals surface area contributed by atoms with E-state index in [9.17, 15) is 5.11 Å². The second-order valence-corrected chi connectivity index (χ2v) is 5.55. The number of hydrogen-bond acceptors (Lipinski definition) is 3. The molecule has 0 aromatic carbocycles. The van der Waals surface area contributed by atoms with Crippen LogP contribution in [0.5, 0.6) is 0 Å². The summed E-state index contributed by atoms with van der Waals surface area (Å²) in [6, 6.07) is 0.699. The predicted octanol–water partition coefficient (Wildman–Crippen LogP) is 1.37. The van der Waals surface area contributed by atoms with Crippen molar-refractivity contribution in [3.05, 3.63) is 0 Å². The van der Waals surface area contributed by atoms with Crippen LogP contribution in [0, 0.1) is 0 Å². The Balaban J connectivity index is 1.88. The van der Waals surface area contributed by atoms with E-state index in [4.69, 9.17) is 0 Å². The molecule has 1 aliphatic heterocycles. The van der Waals surface area contributed by atoms with Crippen molar-refractivity contribution in [1.29, 1.82) is 0 Å². The van der Waals surface area contributed by atoms with Gasteiger partial charge in [-0.1, -0.05) is 6.92 Å². The van der Waals surface area contributed by atoms with Gasteiger partial charge >= 0.3 is 0 Å². The smallest absolute Gasteiger partial charge is 0.0613 e. The van der Waals surface area contributed by atoms with Crippen molar-refractivity contribution in [2.75, 3.05) is 26.2 Å². The van der Waals surface area contributed by atoms with E-state index >= 15 is 0 Å². The average molecular weight is 226 g/mol. The molecule has 0 aromatic rings. The molecule has 1 saturated heterocycles. The van der Waals surface area contributed by atoms with Crippen molar-refractivity contribution in [2.45, 2.75) is 57.0 Å². The Morgan fingerprint density at radius 2 is 2.12 bits per heavy atom. The van der Waals surface area contributed by atoms with Crippen LogP contribution in [-0.4, -0.2) is 47.8 Å². The maximum absolute atomic E-state index is 9.68. The Hall–Kier alpha value is -0.120. The summed E-state index contributed by atoms with van der Waals surface area (Å²) in [7, 11) is 0. The first-order valence-electron chi connectivity index (χ1n) is 6.89. The number of aliphatic hydroxyl groups excluding tert-OH is 1. The number of hydrogen-bond donors (Lipinski definition) is 2. The number of aliphatic hydroxyl groups is 1. The third kappa shape index (κ3) is 3.19. The van der Waals surface area contributed by atoms with Crippen molar-refractivity contribution >= 4 is 0 Å². The van der Waals surface area contributed by atoms with Gasteiger partial charge in [0.05, 0.1) is 6.61 Å². The van der Waals surface area contributed by atoms with Gasteiger partial charge in [0.25, 0.3) is 0 Å². The van der Waals surface area contributed by atoms with E-state index < -0.39 is 0 Å². The summed E-state index contributed by atoms with van der Waals surface area (Å²) in [6.07, 6.45) is 7.32. The zero-order valence-corrected chi connectivity index (χ0v) is 10.5. The normalized spacial score (nSPS) is 32.6. The molecule has 2 aliphatic rings. The van der Waals surface area contributed by atoms with E-state index in [-0.39, 0.29) is 5.54 Å². The number of likely N-dealkylation sites (tertiary alicyclic amines) is 1. The van der Waals surface area contributed by atoms with E-state index in [1.54, 1.807) is 0 Å². The second-order valence-electron chi connectivity index (χ2n) is 5.55. The molecule has 2 fully saturated rings. The lowest BCUT2D eigenvalue weighted by molar-refractivity contribution is 0.141. The highest BCUT2D eigenvalue weighted by atomic mass is 16.3. The largest absolute Gasteiger partial charge is 0.394 e. The van der Waals surface area contributed by atoms with Crippen LogP contribution in [0.15, 0.2) is 0 Å². The predicted molar refractivity (Wildman–Crippen MR) is 66.6 cm³/mol. The van der Waals surface area contributed by atoms with Gasteiger partial charge in [-0.2, -0.15) is 0 Å². The summed E-state index contributed by atoms with van der Waals surface area (Å²) in [5, 5.41) is 13.4. The van der Waals surface area contributed by atoms with Gasteiger partial charge in [-0.3, -0.25) is 0 Å². The third-order valence-corrected chi connectivity index (χ3v) is 3.97. The molecule has 2 rings (SSSR count). The Labute approximate surface area is 99.2 Å². The molecule has 1 atom stereocenters. The summed E-state index contributed by atoms with van der Waals surface area (Å²) >= 11 is 0. The first-order chi connectivity index (χ1) is 7.78. The molecule has 0 radical (unpaired) electrons. The van der Waals surface area contributed by atoms with Crippen molar-refractivity contribution < 1.29 is 5.11 Å². The summed E-state index contributed by atoms with van der Waals surface area (Å²) < 4.78 is 0. The van der Waals surface area contributed by atoms with Crippen LogP contribution in [0.3, 0.4) is 0 Å². The molecule has 3 heteroatoms. The minimum atomic E-state index is 0.0314. The SMILES string of the molecule is CCCN1CCCC(CO)(NC2CC2)CC1. The van der Waals surface area contributed by atoms with Crippen LogP contribution in [0.2, 0.25) is 0 Å². The maximum atomic E-state index is 9.68. The summed E-state index contributed by atoms with van der Waals surface area (Å²) in [6.45, 7) is 6.12. The Bertz CT molecular complexity index is 218. The topological polar surface area (TPSA) is 35.5 Å². The van der Waals surface area contributed by atoms with Crippen molar-refractivity contribution in [1.82, 2.24) is 10.2 Å².